The molecule has 0 aliphatic carbocycles. The van der Waals surface area contributed by atoms with Crippen LogP contribution in [0.3, 0.4) is 0 Å². The van der Waals surface area contributed by atoms with Crippen molar-refractivity contribution in [2.24, 2.45) is 0 Å². The number of ether oxygens (including phenoxy) is 1. The minimum Gasteiger partial charge on any atom is -0.485 e. The van der Waals surface area contributed by atoms with Crippen molar-refractivity contribution >= 4 is 34.8 Å². The molecule has 2 aromatic heterocycles. The van der Waals surface area contributed by atoms with Crippen molar-refractivity contribution in [1.29, 1.82) is 0 Å². The number of rotatable bonds is 7. The number of hydrogen-bond acceptors (Lipinski definition) is 4. The summed E-state index contributed by atoms with van der Waals surface area (Å²) in [5.74, 6) is 1.16. The van der Waals surface area contributed by atoms with Crippen molar-refractivity contribution < 1.29 is 13.9 Å². The largest absolute Gasteiger partial charge is 0.485 e. The van der Waals surface area contributed by atoms with Gasteiger partial charge in [0, 0.05) is 15.6 Å². The van der Waals surface area contributed by atoms with Gasteiger partial charge in [-0.05, 0) is 56.7 Å². The molecule has 0 aliphatic rings. The van der Waals surface area contributed by atoms with Crippen LogP contribution in [0.15, 0.2) is 59.0 Å². The Kier molecular flexibility index (Phi) is 6.77. The topological polar surface area (TPSA) is 69.3 Å². The lowest BCUT2D eigenvalue weighted by Crippen LogP contribution is -2.12. The molecule has 0 aliphatic heterocycles. The molecule has 0 bridgehead atoms. The van der Waals surface area contributed by atoms with Crippen LogP contribution in [0.1, 0.15) is 38.8 Å². The van der Waals surface area contributed by atoms with E-state index in [1.807, 2.05) is 45.0 Å². The van der Waals surface area contributed by atoms with Gasteiger partial charge in [0.25, 0.3) is 5.91 Å². The molecule has 170 valence electrons. The number of halogens is 2. The zero-order valence-electron chi connectivity index (χ0n) is 18.5. The van der Waals surface area contributed by atoms with Gasteiger partial charge in [0.1, 0.15) is 18.1 Å². The van der Waals surface area contributed by atoms with E-state index in [-0.39, 0.29) is 18.3 Å². The molecule has 2 heterocycles. The minimum absolute atomic E-state index is 0.194. The van der Waals surface area contributed by atoms with Crippen LogP contribution < -0.4 is 10.1 Å². The number of carbonyl (C=O) groups excluding carboxylic acids is 1. The summed E-state index contributed by atoms with van der Waals surface area (Å²) in [6.07, 6.45) is 0. The van der Waals surface area contributed by atoms with Crippen LogP contribution in [0.25, 0.3) is 0 Å². The molecular weight excluding hydrogens is 461 g/mol. The number of aromatic nitrogens is 2. The van der Waals surface area contributed by atoms with Gasteiger partial charge in [-0.2, -0.15) is 5.10 Å². The van der Waals surface area contributed by atoms with E-state index in [2.05, 4.69) is 10.4 Å². The second-order valence-electron chi connectivity index (χ2n) is 7.68. The Morgan fingerprint density at radius 3 is 2.48 bits per heavy atom. The molecule has 0 radical (unpaired) electrons. The van der Waals surface area contributed by atoms with Crippen molar-refractivity contribution in [3.05, 3.63) is 98.7 Å². The number of para-hydroxylation sites is 1. The van der Waals surface area contributed by atoms with Crippen LogP contribution in [0, 0.1) is 20.8 Å². The molecule has 1 N–H and O–H groups in total. The fourth-order valence-corrected chi connectivity index (χ4v) is 4.00. The first kappa shape index (κ1) is 23.0. The van der Waals surface area contributed by atoms with Crippen LogP contribution >= 0.6 is 23.2 Å². The third-order valence-corrected chi connectivity index (χ3v) is 6.05. The van der Waals surface area contributed by atoms with Crippen LogP contribution in [0.4, 0.5) is 5.69 Å². The Hall–Kier alpha value is -3.22. The first-order valence-corrected chi connectivity index (χ1v) is 11.1. The summed E-state index contributed by atoms with van der Waals surface area (Å²) in [5.41, 5.74) is 3.89. The van der Waals surface area contributed by atoms with Gasteiger partial charge in [0.15, 0.2) is 5.76 Å². The molecule has 0 saturated carbocycles. The zero-order chi connectivity index (χ0) is 23.5. The number of nitrogens with zero attached hydrogens (tertiary/aromatic N) is 2. The molecule has 4 rings (SSSR count). The predicted molar refractivity (Wildman–Crippen MR) is 129 cm³/mol. The van der Waals surface area contributed by atoms with E-state index in [1.54, 1.807) is 35.0 Å². The summed E-state index contributed by atoms with van der Waals surface area (Å²) in [7, 11) is 0. The second kappa shape index (κ2) is 9.73. The van der Waals surface area contributed by atoms with Crippen molar-refractivity contribution in [2.45, 2.75) is 33.9 Å². The van der Waals surface area contributed by atoms with Gasteiger partial charge in [-0.1, -0.05) is 47.5 Å². The molecule has 0 atom stereocenters. The first-order chi connectivity index (χ1) is 15.8. The van der Waals surface area contributed by atoms with Crippen LogP contribution in [-0.2, 0) is 13.2 Å². The molecule has 0 fully saturated rings. The zero-order valence-corrected chi connectivity index (χ0v) is 20.0. The van der Waals surface area contributed by atoms with E-state index < -0.39 is 0 Å². The average Bonchev–Trinajstić information content (AvgIpc) is 3.36. The van der Waals surface area contributed by atoms with E-state index in [9.17, 15) is 4.79 Å². The summed E-state index contributed by atoms with van der Waals surface area (Å²) < 4.78 is 13.3. The maximum atomic E-state index is 12.8. The van der Waals surface area contributed by atoms with Gasteiger partial charge in [0.2, 0.25) is 0 Å². The minimum atomic E-state index is -0.362. The van der Waals surface area contributed by atoms with Crippen molar-refractivity contribution in [1.82, 2.24) is 9.78 Å². The number of carbonyl (C=O) groups is 1. The number of nitrogens with one attached hydrogen (secondary N) is 1. The molecule has 33 heavy (non-hydrogen) atoms. The Balaban J connectivity index is 1.45. The third-order valence-electron chi connectivity index (χ3n) is 5.34. The summed E-state index contributed by atoms with van der Waals surface area (Å²) in [6.45, 7) is 6.30. The molecule has 4 aromatic rings. The number of anilines is 1. The van der Waals surface area contributed by atoms with Crippen LogP contribution in [-0.4, -0.2) is 15.7 Å². The highest BCUT2D eigenvalue weighted by molar-refractivity contribution is 6.36. The number of furan rings is 1. The first-order valence-electron chi connectivity index (χ1n) is 10.4. The normalized spacial score (nSPS) is 10.9. The third kappa shape index (κ3) is 5.07. The summed E-state index contributed by atoms with van der Waals surface area (Å²) >= 11 is 12.6. The van der Waals surface area contributed by atoms with E-state index in [1.165, 1.54) is 0 Å². The molecule has 0 unspecified atom stereocenters. The van der Waals surface area contributed by atoms with E-state index in [0.29, 0.717) is 33.7 Å². The van der Waals surface area contributed by atoms with E-state index in [4.69, 9.17) is 32.4 Å². The van der Waals surface area contributed by atoms with Crippen LogP contribution in [0.2, 0.25) is 10.0 Å². The van der Waals surface area contributed by atoms with Crippen molar-refractivity contribution in [3.8, 4) is 5.75 Å². The monoisotopic (exact) mass is 483 g/mol. The van der Waals surface area contributed by atoms with E-state index >= 15 is 0 Å². The Labute approximate surface area is 202 Å². The fourth-order valence-electron chi connectivity index (χ4n) is 3.48. The molecule has 0 saturated heterocycles. The summed E-state index contributed by atoms with van der Waals surface area (Å²) in [4.78, 5) is 12.8. The van der Waals surface area contributed by atoms with Gasteiger partial charge in [-0.25, -0.2) is 0 Å². The molecule has 6 nitrogen and oxygen atoms in total. The highest BCUT2D eigenvalue weighted by atomic mass is 35.5. The number of aryl methyl sites for hydroxylation is 2. The summed E-state index contributed by atoms with van der Waals surface area (Å²) in [5, 5.41) is 8.58. The number of hydrogen-bond donors (Lipinski definition) is 1. The average molecular weight is 484 g/mol. The standard InChI is InChI=1S/C25H23Cl2N3O3/c1-15-7-4-5-10-22(15)32-14-18-11-12-23(33-18)25(31)28-24-16(2)29-30(17(24)3)13-19-20(26)8-6-9-21(19)27/h4-12H,13-14H2,1-3H3,(H,28,31). The lowest BCUT2D eigenvalue weighted by Gasteiger charge is -2.09. The molecule has 8 heteroatoms. The fraction of sp³-hybridized carbons (Fsp3) is 0.200. The number of benzene rings is 2. The SMILES string of the molecule is Cc1ccccc1OCc1ccc(C(=O)Nc2c(C)nn(Cc3c(Cl)cccc3Cl)c2C)o1. The quantitative estimate of drug-likeness (QED) is 0.321. The van der Waals surface area contributed by atoms with E-state index in [0.717, 1.165) is 22.6 Å². The van der Waals surface area contributed by atoms with Crippen molar-refractivity contribution in [2.75, 3.05) is 5.32 Å². The van der Waals surface area contributed by atoms with Gasteiger partial charge in [0.05, 0.1) is 23.6 Å². The van der Waals surface area contributed by atoms with Gasteiger partial charge >= 0.3 is 0 Å². The van der Waals surface area contributed by atoms with Gasteiger partial charge in [-0.15, -0.1) is 0 Å². The predicted octanol–water partition coefficient (Wildman–Crippen LogP) is 6.59. The maximum absolute atomic E-state index is 12.8. The van der Waals surface area contributed by atoms with Gasteiger partial charge < -0.3 is 14.5 Å². The lowest BCUT2D eigenvalue weighted by atomic mass is 10.2. The molecular formula is C25H23Cl2N3O3. The Morgan fingerprint density at radius 2 is 1.76 bits per heavy atom. The highest BCUT2D eigenvalue weighted by Gasteiger charge is 2.19. The maximum Gasteiger partial charge on any atom is 0.291 e. The van der Waals surface area contributed by atoms with Crippen LogP contribution in [0.5, 0.6) is 5.75 Å². The lowest BCUT2D eigenvalue weighted by molar-refractivity contribution is 0.0992. The summed E-state index contributed by atoms with van der Waals surface area (Å²) in [6, 6.07) is 16.5. The number of amides is 1. The van der Waals surface area contributed by atoms with Gasteiger partial charge in [-0.3, -0.25) is 9.48 Å². The highest BCUT2D eigenvalue weighted by Crippen LogP contribution is 2.28. The van der Waals surface area contributed by atoms with Crippen molar-refractivity contribution in [3.63, 3.8) is 0 Å². The second-order valence-corrected chi connectivity index (χ2v) is 8.49. The molecule has 2 aromatic carbocycles. The Bertz CT molecular complexity index is 1290. The molecule has 0 spiro atoms. The smallest absolute Gasteiger partial charge is 0.291 e. The molecule has 1 amide bonds. The Morgan fingerprint density at radius 1 is 1.03 bits per heavy atom.